The second-order valence-electron chi connectivity index (χ2n) is 7.55. The highest BCUT2D eigenvalue weighted by Crippen LogP contribution is 2.41. The first kappa shape index (κ1) is 19.1. The topological polar surface area (TPSA) is 63.2 Å². The van der Waals surface area contributed by atoms with Crippen molar-refractivity contribution in [1.82, 2.24) is 10.3 Å². The van der Waals surface area contributed by atoms with Gasteiger partial charge in [-0.25, -0.2) is 13.6 Å². The fourth-order valence-corrected chi connectivity index (χ4v) is 3.65. The van der Waals surface area contributed by atoms with Gasteiger partial charge in [0.05, 0.1) is 11.7 Å². The zero-order chi connectivity index (χ0) is 20.6. The van der Waals surface area contributed by atoms with Crippen LogP contribution in [-0.2, 0) is 0 Å². The monoisotopic (exact) mass is 397 g/mol. The number of hydrogen-bond acceptors (Lipinski definition) is 3. The molecule has 1 aliphatic rings. The van der Waals surface area contributed by atoms with Crippen molar-refractivity contribution in [3.63, 3.8) is 0 Å². The van der Waals surface area contributed by atoms with E-state index in [-0.39, 0.29) is 12.2 Å². The van der Waals surface area contributed by atoms with E-state index in [2.05, 4.69) is 15.6 Å². The second-order valence-corrected chi connectivity index (χ2v) is 7.55. The summed E-state index contributed by atoms with van der Waals surface area (Å²) in [5, 5.41) is 7.45. The number of hydrogen-bond donors (Lipinski definition) is 2. The van der Waals surface area contributed by atoms with Gasteiger partial charge in [0.2, 0.25) is 0 Å². The molecule has 29 heavy (non-hydrogen) atoms. The lowest BCUT2D eigenvalue weighted by molar-refractivity contribution is 0.0223. The van der Waals surface area contributed by atoms with Crippen LogP contribution in [0.1, 0.15) is 30.6 Å². The highest BCUT2D eigenvalue weighted by Gasteiger charge is 2.39. The molecule has 0 saturated heterocycles. The average molecular weight is 397 g/mol. The molecular weight excluding hydrogens is 376 g/mol. The molecule has 5 nitrogen and oxygen atoms in total. The molecule has 3 aromatic rings. The van der Waals surface area contributed by atoms with Crippen LogP contribution in [0.3, 0.4) is 0 Å². The number of carbonyl (C=O) groups is 1. The lowest BCUT2D eigenvalue weighted by atomic mass is 9.89. The number of urea groups is 1. The number of anilines is 1. The highest BCUT2D eigenvalue weighted by molar-refractivity contribution is 6.01. The molecule has 0 radical (unpaired) electrons. The van der Waals surface area contributed by atoms with Crippen LogP contribution < -0.4 is 15.4 Å². The SMILES string of the molecule is Cc1cc2c(NC(=O)N[C@@H]3C[C@](C)(CF)Oc4c(F)cccc43)cccc2cn1. The number of ether oxygens (including phenoxy) is 1. The Balaban J connectivity index is 1.61. The number of halogens is 2. The number of fused-ring (bicyclic) bond motifs is 2. The van der Waals surface area contributed by atoms with Crippen molar-refractivity contribution in [2.45, 2.75) is 31.9 Å². The summed E-state index contributed by atoms with van der Waals surface area (Å²) in [7, 11) is 0. The predicted octanol–water partition coefficient (Wildman–Crippen LogP) is 5.06. The second kappa shape index (κ2) is 7.31. The molecule has 0 saturated carbocycles. The summed E-state index contributed by atoms with van der Waals surface area (Å²) >= 11 is 0. The third kappa shape index (κ3) is 3.72. The van der Waals surface area contributed by atoms with Gasteiger partial charge in [-0.3, -0.25) is 4.98 Å². The van der Waals surface area contributed by atoms with Gasteiger partial charge in [-0.1, -0.05) is 24.3 Å². The maximum absolute atomic E-state index is 14.2. The highest BCUT2D eigenvalue weighted by atomic mass is 19.1. The Kier molecular flexibility index (Phi) is 4.82. The number of para-hydroxylation sites is 1. The molecule has 0 unspecified atom stereocenters. The van der Waals surface area contributed by atoms with Gasteiger partial charge in [-0.05, 0) is 32.0 Å². The molecule has 1 aliphatic heterocycles. The van der Waals surface area contributed by atoms with Crippen LogP contribution in [0.15, 0.2) is 48.7 Å². The first-order valence-electron chi connectivity index (χ1n) is 9.35. The van der Waals surface area contributed by atoms with E-state index < -0.39 is 30.2 Å². The van der Waals surface area contributed by atoms with E-state index in [1.54, 1.807) is 31.3 Å². The average Bonchev–Trinajstić information content (AvgIpc) is 2.69. The Bertz CT molecular complexity index is 1090. The van der Waals surface area contributed by atoms with Crippen molar-refractivity contribution < 1.29 is 18.3 Å². The number of benzene rings is 2. The molecule has 2 heterocycles. The van der Waals surface area contributed by atoms with Crippen molar-refractivity contribution in [2.75, 3.05) is 12.0 Å². The molecule has 2 amide bonds. The minimum absolute atomic E-state index is 0.0175. The van der Waals surface area contributed by atoms with E-state index >= 15 is 0 Å². The molecule has 4 rings (SSSR count). The fraction of sp³-hybridized carbons (Fsp3) is 0.273. The molecule has 150 valence electrons. The van der Waals surface area contributed by atoms with E-state index in [4.69, 9.17) is 4.74 Å². The van der Waals surface area contributed by atoms with Crippen LogP contribution in [0, 0.1) is 12.7 Å². The van der Waals surface area contributed by atoms with E-state index in [9.17, 15) is 13.6 Å². The van der Waals surface area contributed by atoms with Crippen LogP contribution in [-0.4, -0.2) is 23.3 Å². The lowest BCUT2D eigenvalue weighted by Crippen LogP contribution is -2.45. The van der Waals surface area contributed by atoms with Crippen molar-refractivity contribution in [1.29, 1.82) is 0 Å². The number of nitrogens with zero attached hydrogens (tertiary/aromatic N) is 1. The van der Waals surface area contributed by atoms with Gasteiger partial charge in [0.1, 0.15) is 12.3 Å². The van der Waals surface area contributed by atoms with Crippen LogP contribution in [0.2, 0.25) is 0 Å². The summed E-state index contributed by atoms with van der Waals surface area (Å²) in [5.41, 5.74) is 0.740. The maximum atomic E-state index is 14.2. The van der Waals surface area contributed by atoms with Crippen molar-refractivity contribution in [2.24, 2.45) is 0 Å². The molecule has 0 fully saturated rings. The fourth-order valence-electron chi connectivity index (χ4n) is 3.65. The van der Waals surface area contributed by atoms with Gasteiger partial charge in [0, 0.05) is 34.6 Å². The number of carbonyl (C=O) groups excluding carboxylic acids is 1. The van der Waals surface area contributed by atoms with Gasteiger partial charge < -0.3 is 15.4 Å². The quantitative estimate of drug-likeness (QED) is 0.650. The van der Waals surface area contributed by atoms with Gasteiger partial charge in [-0.15, -0.1) is 0 Å². The summed E-state index contributed by atoms with van der Waals surface area (Å²) in [5.74, 6) is -0.595. The van der Waals surface area contributed by atoms with E-state index in [0.717, 1.165) is 16.5 Å². The summed E-state index contributed by atoms with van der Waals surface area (Å²) < 4.78 is 33.4. The lowest BCUT2D eigenvalue weighted by Gasteiger charge is -2.38. The molecule has 1 aromatic heterocycles. The van der Waals surface area contributed by atoms with Gasteiger partial charge in [0.25, 0.3) is 0 Å². The normalized spacial score (nSPS) is 20.6. The van der Waals surface area contributed by atoms with Crippen LogP contribution >= 0.6 is 0 Å². The Labute approximate surface area is 167 Å². The molecule has 2 aromatic carbocycles. The minimum atomic E-state index is -1.21. The number of aromatic nitrogens is 1. The van der Waals surface area contributed by atoms with Crippen molar-refractivity contribution in [3.8, 4) is 5.75 Å². The molecule has 0 bridgehead atoms. The van der Waals surface area contributed by atoms with E-state index in [0.29, 0.717) is 11.3 Å². The molecular formula is C22H21F2N3O2. The van der Waals surface area contributed by atoms with Gasteiger partial charge in [-0.2, -0.15) is 0 Å². The zero-order valence-electron chi connectivity index (χ0n) is 16.1. The third-order valence-electron chi connectivity index (χ3n) is 5.09. The summed E-state index contributed by atoms with van der Waals surface area (Å²) in [6.07, 6.45) is 1.93. The summed E-state index contributed by atoms with van der Waals surface area (Å²) in [6.45, 7) is 2.65. The number of amides is 2. The number of alkyl halides is 1. The maximum Gasteiger partial charge on any atom is 0.319 e. The largest absolute Gasteiger partial charge is 0.481 e. The van der Waals surface area contributed by atoms with Crippen molar-refractivity contribution >= 4 is 22.5 Å². The number of nitrogens with one attached hydrogen (secondary N) is 2. The Morgan fingerprint density at radius 2 is 2.10 bits per heavy atom. The first-order chi connectivity index (χ1) is 13.9. The number of rotatable bonds is 3. The predicted molar refractivity (Wildman–Crippen MR) is 107 cm³/mol. The van der Waals surface area contributed by atoms with Crippen LogP contribution in [0.4, 0.5) is 19.3 Å². The molecule has 7 heteroatoms. The number of aryl methyl sites for hydroxylation is 1. The van der Waals surface area contributed by atoms with Crippen molar-refractivity contribution in [3.05, 3.63) is 65.7 Å². The molecule has 0 spiro atoms. The van der Waals surface area contributed by atoms with Crippen LogP contribution in [0.25, 0.3) is 10.8 Å². The third-order valence-corrected chi connectivity index (χ3v) is 5.09. The Morgan fingerprint density at radius 3 is 2.90 bits per heavy atom. The Morgan fingerprint density at radius 1 is 1.31 bits per heavy atom. The standard InChI is InChI=1S/C22H21F2N3O2/c1-13-9-16-14(11-25-13)5-3-8-18(16)26-21(28)27-19-10-22(2,12-23)29-20-15(19)6-4-7-17(20)24/h3-9,11,19H,10,12H2,1-2H3,(H2,26,27,28)/t19-,22-/m1/s1. The zero-order valence-corrected chi connectivity index (χ0v) is 16.1. The smallest absolute Gasteiger partial charge is 0.319 e. The molecule has 2 N–H and O–H groups in total. The van der Waals surface area contributed by atoms with Crippen LogP contribution in [0.5, 0.6) is 5.75 Å². The molecule has 0 aliphatic carbocycles. The van der Waals surface area contributed by atoms with E-state index in [1.807, 2.05) is 25.1 Å². The summed E-state index contributed by atoms with van der Waals surface area (Å²) in [4.78, 5) is 17.0. The number of pyridine rings is 1. The molecule has 2 atom stereocenters. The van der Waals surface area contributed by atoms with Gasteiger partial charge >= 0.3 is 6.03 Å². The van der Waals surface area contributed by atoms with Gasteiger partial charge in [0.15, 0.2) is 11.6 Å². The minimum Gasteiger partial charge on any atom is -0.481 e. The Hall–Kier alpha value is -3.22. The summed E-state index contributed by atoms with van der Waals surface area (Å²) in [6, 6.07) is 10.9. The first-order valence-corrected chi connectivity index (χ1v) is 9.35. The van der Waals surface area contributed by atoms with E-state index in [1.165, 1.54) is 6.07 Å².